The molecule has 5 heteroatoms. The van der Waals surface area contributed by atoms with Crippen LogP contribution in [0.4, 0.5) is 4.79 Å². The number of rotatable bonds is 4. The van der Waals surface area contributed by atoms with Gasteiger partial charge in [-0.15, -0.1) is 0 Å². The van der Waals surface area contributed by atoms with E-state index in [1.165, 1.54) is 12.8 Å². The summed E-state index contributed by atoms with van der Waals surface area (Å²) in [5.74, 6) is 1.63. The lowest BCUT2D eigenvalue weighted by Crippen LogP contribution is -2.42. The summed E-state index contributed by atoms with van der Waals surface area (Å²) in [5, 5.41) is 5.87. The Kier molecular flexibility index (Phi) is 5.01. The molecule has 0 radical (unpaired) electrons. The van der Waals surface area contributed by atoms with Crippen molar-refractivity contribution in [3.8, 4) is 0 Å². The molecule has 0 aromatic carbocycles. The highest BCUT2D eigenvalue weighted by molar-refractivity contribution is 5.79. The Morgan fingerprint density at radius 2 is 1.55 bits per heavy atom. The van der Waals surface area contributed by atoms with Gasteiger partial charge in [0.05, 0.1) is 0 Å². The van der Waals surface area contributed by atoms with E-state index in [4.69, 9.17) is 0 Å². The summed E-state index contributed by atoms with van der Waals surface area (Å²) in [5.41, 5.74) is 0. The Morgan fingerprint density at radius 3 is 2.18 bits per heavy atom. The third-order valence-electron chi connectivity index (χ3n) is 5.33. The number of urea groups is 1. The van der Waals surface area contributed by atoms with Crippen molar-refractivity contribution in [3.63, 3.8) is 0 Å². The third-order valence-corrected chi connectivity index (χ3v) is 5.33. The molecule has 0 aromatic heterocycles. The maximum absolute atomic E-state index is 12.2. The van der Waals surface area contributed by atoms with Gasteiger partial charge in [0.25, 0.3) is 0 Å². The molecule has 2 N–H and O–H groups in total. The highest BCUT2D eigenvalue weighted by atomic mass is 16.2. The second-order valence-corrected chi connectivity index (χ2v) is 6.87. The summed E-state index contributed by atoms with van der Waals surface area (Å²) in [6.07, 6.45) is 11.0. The van der Waals surface area contributed by atoms with Gasteiger partial charge in [-0.25, -0.2) is 4.79 Å². The maximum atomic E-state index is 12.2. The molecule has 1 heterocycles. The molecule has 5 nitrogen and oxygen atoms in total. The van der Waals surface area contributed by atoms with Crippen LogP contribution in [0.15, 0.2) is 12.2 Å². The van der Waals surface area contributed by atoms with Crippen molar-refractivity contribution in [3.05, 3.63) is 12.2 Å². The first-order valence-corrected chi connectivity index (χ1v) is 8.69. The van der Waals surface area contributed by atoms with Crippen LogP contribution in [-0.2, 0) is 4.79 Å². The number of allylic oxidation sites excluding steroid dienone is 2. The van der Waals surface area contributed by atoms with E-state index in [2.05, 4.69) is 22.8 Å². The van der Waals surface area contributed by atoms with Crippen molar-refractivity contribution in [2.75, 3.05) is 26.2 Å². The fourth-order valence-corrected chi connectivity index (χ4v) is 3.98. The van der Waals surface area contributed by atoms with Crippen LogP contribution in [0.25, 0.3) is 0 Å². The van der Waals surface area contributed by atoms with Crippen molar-refractivity contribution in [2.45, 2.75) is 38.5 Å². The summed E-state index contributed by atoms with van der Waals surface area (Å²) in [4.78, 5) is 26.0. The minimum Gasteiger partial charge on any atom is -0.354 e. The molecule has 3 rings (SSSR count). The van der Waals surface area contributed by atoms with Gasteiger partial charge in [-0.3, -0.25) is 4.79 Å². The Balaban J connectivity index is 1.32. The number of amides is 3. The highest BCUT2D eigenvalue weighted by Crippen LogP contribution is 2.32. The minimum atomic E-state index is 0.0181. The van der Waals surface area contributed by atoms with Crippen molar-refractivity contribution in [1.29, 1.82) is 0 Å². The number of nitrogens with zero attached hydrogens (tertiary/aromatic N) is 1. The van der Waals surface area contributed by atoms with E-state index in [0.717, 1.165) is 38.8 Å². The van der Waals surface area contributed by atoms with Crippen LogP contribution in [0.3, 0.4) is 0 Å². The van der Waals surface area contributed by atoms with Gasteiger partial charge in [0.15, 0.2) is 0 Å². The van der Waals surface area contributed by atoms with Crippen molar-refractivity contribution >= 4 is 11.9 Å². The number of carbonyl (C=O) groups excluding carboxylic acids is 2. The molecule has 3 amide bonds. The normalized spacial score (nSPS) is 27.7. The fraction of sp³-hybridized carbons (Fsp3) is 0.765. The lowest BCUT2D eigenvalue weighted by atomic mass is 9.86. The van der Waals surface area contributed by atoms with Crippen LogP contribution in [-0.4, -0.2) is 43.0 Å². The Bertz CT molecular complexity index is 427. The van der Waals surface area contributed by atoms with Gasteiger partial charge in [0.2, 0.25) is 5.91 Å². The Morgan fingerprint density at radius 1 is 0.955 bits per heavy atom. The monoisotopic (exact) mass is 305 g/mol. The predicted molar refractivity (Wildman–Crippen MR) is 85.3 cm³/mol. The number of hydrogen-bond donors (Lipinski definition) is 2. The standard InChI is InChI=1S/C17H27N3O2/c21-16(13-5-1-2-6-13)18-9-10-19-17(22)20-11-14-7-3-4-8-15(14)12-20/h3-4,13-15H,1-2,5-12H2,(H,18,21)(H,19,22)/t14-,15-/m0/s1. The molecule has 1 aliphatic heterocycles. The predicted octanol–water partition coefficient (Wildman–Crippen LogP) is 1.90. The van der Waals surface area contributed by atoms with Crippen molar-refractivity contribution in [2.24, 2.45) is 17.8 Å². The lowest BCUT2D eigenvalue weighted by molar-refractivity contribution is -0.124. The second kappa shape index (κ2) is 7.16. The highest BCUT2D eigenvalue weighted by Gasteiger charge is 2.34. The van der Waals surface area contributed by atoms with E-state index in [1.54, 1.807) is 0 Å². The summed E-state index contributed by atoms with van der Waals surface area (Å²) >= 11 is 0. The first kappa shape index (κ1) is 15.4. The number of likely N-dealkylation sites (tertiary alicyclic amines) is 1. The van der Waals surface area contributed by atoms with Crippen LogP contribution < -0.4 is 10.6 Å². The zero-order valence-corrected chi connectivity index (χ0v) is 13.2. The zero-order valence-electron chi connectivity index (χ0n) is 13.2. The van der Waals surface area contributed by atoms with Crippen molar-refractivity contribution < 1.29 is 9.59 Å². The molecule has 3 aliphatic rings. The van der Waals surface area contributed by atoms with E-state index in [0.29, 0.717) is 24.9 Å². The lowest BCUT2D eigenvalue weighted by Gasteiger charge is -2.17. The van der Waals surface area contributed by atoms with E-state index >= 15 is 0 Å². The summed E-state index contributed by atoms with van der Waals surface area (Å²) in [7, 11) is 0. The summed E-state index contributed by atoms with van der Waals surface area (Å²) < 4.78 is 0. The van der Waals surface area contributed by atoms with Crippen molar-refractivity contribution in [1.82, 2.24) is 15.5 Å². The van der Waals surface area contributed by atoms with Gasteiger partial charge in [-0.1, -0.05) is 25.0 Å². The Labute approximate surface area is 132 Å². The molecule has 0 unspecified atom stereocenters. The second-order valence-electron chi connectivity index (χ2n) is 6.87. The van der Waals surface area contributed by atoms with Crippen LogP contribution in [0.5, 0.6) is 0 Å². The van der Waals surface area contributed by atoms with Gasteiger partial charge in [-0.2, -0.15) is 0 Å². The van der Waals surface area contributed by atoms with Crippen LogP contribution >= 0.6 is 0 Å². The van der Waals surface area contributed by atoms with Gasteiger partial charge < -0.3 is 15.5 Å². The smallest absolute Gasteiger partial charge is 0.317 e. The van der Waals surface area contributed by atoms with Crippen LogP contribution in [0.1, 0.15) is 38.5 Å². The van der Waals surface area contributed by atoms with E-state index in [-0.39, 0.29) is 17.9 Å². The third kappa shape index (κ3) is 3.62. The SMILES string of the molecule is O=C(NCCNC(=O)N1C[C@@H]2CC=CC[C@H]2C1)C1CCCC1. The molecule has 0 bridgehead atoms. The topological polar surface area (TPSA) is 61.4 Å². The van der Waals surface area contributed by atoms with E-state index < -0.39 is 0 Å². The average molecular weight is 305 g/mol. The van der Waals surface area contributed by atoms with Crippen LogP contribution in [0.2, 0.25) is 0 Å². The van der Waals surface area contributed by atoms with E-state index in [1.807, 2.05) is 4.90 Å². The molecule has 2 aliphatic carbocycles. The number of hydrogen-bond acceptors (Lipinski definition) is 2. The molecule has 2 atom stereocenters. The van der Waals surface area contributed by atoms with Gasteiger partial charge in [0.1, 0.15) is 0 Å². The molecule has 122 valence electrons. The van der Waals surface area contributed by atoms with Gasteiger partial charge in [0, 0.05) is 32.1 Å². The average Bonchev–Trinajstić information content (AvgIpc) is 3.19. The summed E-state index contributed by atoms with van der Waals surface area (Å²) in [6, 6.07) is 0.0181. The molecular weight excluding hydrogens is 278 g/mol. The zero-order chi connectivity index (χ0) is 15.4. The molecule has 0 spiro atoms. The molecule has 22 heavy (non-hydrogen) atoms. The van der Waals surface area contributed by atoms with Crippen LogP contribution in [0, 0.1) is 17.8 Å². The molecule has 2 fully saturated rings. The molecule has 0 aromatic rings. The largest absolute Gasteiger partial charge is 0.354 e. The van der Waals surface area contributed by atoms with Gasteiger partial charge in [-0.05, 0) is 37.5 Å². The minimum absolute atomic E-state index is 0.0181. The fourth-order valence-electron chi connectivity index (χ4n) is 3.98. The summed E-state index contributed by atoms with van der Waals surface area (Å²) in [6.45, 7) is 2.79. The first-order valence-electron chi connectivity index (χ1n) is 8.69. The van der Waals surface area contributed by atoms with E-state index in [9.17, 15) is 9.59 Å². The van der Waals surface area contributed by atoms with Gasteiger partial charge >= 0.3 is 6.03 Å². The molecular formula is C17H27N3O2. The number of carbonyl (C=O) groups is 2. The quantitative estimate of drug-likeness (QED) is 0.615. The maximum Gasteiger partial charge on any atom is 0.317 e. The molecule has 1 saturated heterocycles. The molecule has 1 saturated carbocycles. The Hall–Kier alpha value is -1.52. The number of nitrogens with one attached hydrogen (secondary N) is 2. The number of fused-ring (bicyclic) bond motifs is 1. The first-order chi connectivity index (χ1) is 10.7.